The van der Waals surface area contributed by atoms with E-state index in [0.29, 0.717) is 42.8 Å². The summed E-state index contributed by atoms with van der Waals surface area (Å²) in [4.78, 5) is 11.9. The fourth-order valence-corrected chi connectivity index (χ4v) is 2.91. The number of benzene rings is 1. The molecule has 1 aliphatic heterocycles. The highest BCUT2D eigenvalue weighted by atomic mass is 35.5. The average Bonchev–Trinajstić information content (AvgIpc) is 2.92. The first-order valence-electron chi connectivity index (χ1n) is 7.99. The molecule has 0 aliphatic carbocycles. The number of H-pyrrole nitrogens is 1. The van der Waals surface area contributed by atoms with Crippen molar-refractivity contribution >= 4 is 23.6 Å². The van der Waals surface area contributed by atoms with Crippen molar-refractivity contribution in [2.75, 3.05) is 19.8 Å². The van der Waals surface area contributed by atoms with Crippen molar-refractivity contribution in [3.63, 3.8) is 0 Å². The summed E-state index contributed by atoms with van der Waals surface area (Å²) in [5, 5.41) is 7.49. The van der Waals surface area contributed by atoms with Crippen molar-refractivity contribution in [1.82, 2.24) is 10.2 Å². The minimum atomic E-state index is -0.412. The van der Waals surface area contributed by atoms with Gasteiger partial charge >= 0.3 is 5.97 Å². The van der Waals surface area contributed by atoms with Crippen LogP contribution in [0, 0.1) is 13.8 Å². The smallest absolute Gasteiger partial charge is 0.330 e. The molecule has 2 aromatic rings. The van der Waals surface area contributed by atoms with E-state index in [0.717, 1.165) is 22.5 Å². The first kappa shape index (κ1) is 17.4. The molecule has 0 saturated carbocycles. The lowest BCUT2D eigenvalue weighted by Gasteiger charge is -2.19. The molecule has 0 bridgehead atoms. The highest BCUT2D eigenvalue weighted by molar-refractivity contribution is 6.32. The summed E-state index contributed by atoms with van der Waals surface area (Å²) in [5.41, 5.74) is 3.74. The van der Waals surface area contributed by atoms with Crippen molar-refractivity contribution in [2.45, 2.75) is 20.3 Å². The number of fused-ring (bicyclic) bond motifs is 1. The Morgan fingerprint density at radius 1 is 1.36 bits per heavy atom. The molecular formula is C18H19ClN2O4. The van der Waals surface area contributed by atoms with Crippen LogP contribution in [0.25, 0.3) is 6.08 Å². The Bertz CT molecular complexity index is 794. The van der Waals surface area contributed by atoms with Crippen LogP contribution in [0.1, 0.15) is 22.5 Å². The van der Waals surface area contributed by atoms with Crippen LogP contribution in [0.4, 0.5) is 0 Å². The number of rotatable bonds is 5. The van der Waals surface area contributed by atoms with Crippen LogP contribution >= 0.6 is 11.6 Å². The number of hydrogen-bond acceptors (Lipinski definition) is 5. The Labute approximate surface area is 150 Å². The van der Waals surface area contributed by atoms with Gasteiger partial charge in [-0.25, -0.2) is 4.79 Å². The molecule has 7 heteroatoms. The maximum atomic E-state index is 11.9. The quantitative estimate of drug-likeness (QED) is 0.653. The number of aromatic amines is 1. The second-order valence-electron chi connectivity index (χ2n) is 5.69. The van der Waals surface area contributed by atoms with Gasteiger partial charge in [-0.05, 0) is 43.2 Å². The topological polar surface area (TPSA) is 73.4 Å². The van der Waals surface area contributed by atoms with Gasteiger partial charge in [-0.15, -0.1) is 0 Å². The van der Waals surface area contributed by atoms with E-state index in [-0.39, 0.29) is 0 Å². The molecule has 1 aromatic heterocycles. The Kier molecular flexibility index (Phi) is 5.28. The average molecular weight is 363 g/mol. The van der Waals surface area contributed by atoms with Crippen LogP contribution in [-0.4, -0.2) is 36.0 Å². The van der Waals surface area contributed by atoms with Crippen LogP contribution in [0.15, 0.2) is 18.2 Å². The number of aryl methyl sites for hydroxylation is 2. The predicted octanol–water partition coefficient (Wildman–Crippen LogP) is 3.25. The van der Waals surface area contributed by atoms with E-state index in [1.807, 2.05) is 13.8 Å². The fraction of sp³-hybridized carbons (Fsp3) is 0.333. The monoisotopic (exact) mass is 362 g/mol. The molecular weight excluding hydrogens is 344 g/mol. The maximum absolute atomic E-state index is 11.9. The first-order chi connectivity index (χ1) is 12.0. The van der Waals surface area contributed by atoms with Crippen LogP contribution in [0.3, 0.4) is 0 Å². The maximum Gasteiger partial charge on any atom is 0.330 e. The van der Waals surface area contributed by atoms with E-state index in [2.05, 4.69) is 10.2 Å². The molecule has 25 heavy (non-hydrogen) atoms. The Hall–Kier alpha value is -2.47. The minimum Gasteiger partial charge on any atom is -0.486 e. The molecule has 0 atom stereocenters. The summed E-state index contributed by atoms with van der Waals surface area (Å²) >= 11 is 6.17. The van der Waals surface area contributed by atoms with Crippen molar-refractivity contribution in [1.29, 1.82) is 0 Å². The van der Waals surface area contributed by atoms with Gasteiger partial charge in [0.05, 0.1) is 17.3 Å². The number of aromatic nitrogens is 2. The summed E-state index contributed by atoms with van der Waals surface area (Å²) in [6.45, 7) is 5.12. The third-order valence-electron chi connectivity index (χ3n) is 3.91. The number of esters is 1. The second-order valence-corrected chi connectivity index (χ2v) is 6.10. The van der Waals surface area contributed by atoms with Crippen LogP contribution in [-0.2, 0) is 16.0 Å². The van der Waals surface area contributed by atoms with Gasteiger partial charge in [0.2, 0.25) is 0 Å². The lowest BCUT2D eigenvalue weighted by atomic mass is 10.1. The largest absolute Gasteiger partial charge is 0.486 e. The SMILES string of the molecule is Cc1n[nH]c(C)c1CCOC(=O)/C=C/c1cc(Cl)c2c(c1)OCCO2. The van der Waals surface area contributed by atoms with Crippen LogP contribution in [0.2, 0.25) is 5.02 Å². The van der Waals surface area contributed by atoms with Gasteiger partial charge in [-0.1, -0.05) is 11.6 Å². The van der Waals surface area contributed by atoms with Gasteiger partial charge < -0.3 is 14.2 Å². The highest BCUT2D eigenvalue weighted by Gasteiger charge is 2.16. The molecule has 2 heterocycles. The molecule has 1 N–H and O–H groups in total. The van der Waals surface area contributed by atoms with Crippen LogP contribution in [0.5, 0.6) is 11.5 Å². The molecule has 3 rings (SSSR count). The predicted molar refractivity (Wildman–Crippen MR) is 94.2 cm³/mol. The van der Waals surface area contributed by atoms with E-state index in [1.165, 1.54) is 6.08 Å². The number of ether oxygens (including phenoxy) is 3. The van der Waals surface area contributed by atoms with Gasteiger partial charge in [-0.2, -0.15) is 5.10 Å². The molecule has 0 spiro atoms. The third-order valence-corrected chi connectivity index (χ3v) is 4.19. The summed E-state index contributed by atoms with van der Waals surface area (Å²) in [5.74, 6) is 0.709. The van der Waals surface area contributed by atoms with Crippen molar-refractivity contribution in [3.8, 4) is 11.5 Å². The molecule has 1 aliphatic rings. The number of nitrogens with zero attached hydrogens (tertiary/aromatic N) is 1. The standard InChI is InChI=1S/C18H19ClN2O4/c1-11-14(12(2)21-20-11)5-6-24-17(22)4-3-13-9-15(19)18-16(10-13)23-7-8-25-18/h3-4,9-10H,5-8H2,1-2H3,(H,20,21)/b4-3+. The van der Waals surface area contributed by atoms with Crippen LogP contribution < -0.4 is 9.47 Å². The third kappa shape index (κ3) is 4.14. The van der Waals surface area contributed by atoms with Gasteiger partial charge in [0.1, 0.15) is 13.2 Å². The zero-order valence-electron chi connectivity index (χ0n) is 14.1. The first-order valence-corrected chi connectivity index (χ1v) is 8.37. The van der Waals surface area contributed by atoms with E-state index < -0.39 is 5.97 Å². The van der Waals surface area contributed by atoms with E-state index in [1.54, 1.807) is 18.2 Å². The molecule has 132 valence electrons. The van der Waals surface area contributed by atoms with Gasteiger partial charge in [0.25, 0.3) is 0 Å². The van der Waals surface area contributed by atoms with Crippen molar-refractivity contribution in [3.05, 3.63) is 45.7 Å². The molecule has 1 aromatic carbocycles. The minimum absolute atomic E-state index is 0.298. The van der Waals surface area contributed by atoms with Gasteiger partial charge in [0, 0.05) is 18.2 Å². The van der Waals surface area contributed by atoms with E-state index >= 15 is 0 Å². The summed E-state index contributed by atoms with van der Waals surface area (Å²) in [6.07, 6.45) is 3.64. The summed E-state index contributed by atoms with van der Waals surface area (Å²) in [6, 6.07) is 3.50. The normalized spacial score (nSPS) is 13.2. The summed E-state index contributed by atoms with van der Waals surface area (Å²) < 4.78 is 16.2. The zero-order valence-corrected chi connectivity index (χ0v) is 14.9. The number of carbonyl (C=O) groups is 1. The highest BCUT2D eigenvalue weighted by Crippen LogP contribution is 2.38. The second kappa shape index (κ2) is 7.61. The Morgan fingerprint density at radius 2 is 2.16 bits per heavy atom. The Morgan fingerprint density at radius 3 is 2.92 bits per heavy atom. The molecule has 0 radical (unpaired) electrons. The van der Waals surface area contributed by atoms with Gasteiger partial charge in [0.15, 0.2) is 11.5 Å². The van der Waals surface area contributed by atoms with E-state index in [4.69, 9.17) is 25.8 Å². The van der Waals surface area contributed by atoms with Gasteiger partial charge in [-0.3, -0.25) is 5.10 Å². The number of hydrogen-bond donors (Lipinski definition) is 1. The zero-order chi connectivity index (χ0) is 17.8. The van der Waals surface area contributed by atoms with E-state index in [9.17, 15) is 4.79 Å². The molecule has 0 amide bonds. The molecule has 0 unspecified atom stereocenters. The molecule has 0 saturated heterocycles. The van der Waals surface area contributed by atoms with Crippen molar-refractivity contribution in [2.24, 2.45) is 0 Å². The lowest BCUT2D eigenvalue weighted by Crippen LogP contribution is -2.15. The van der Waals surface area contributed by atoms with Crippen molar-refractivity contribution < 1.29 is 19.0 Å². The number of halogens is 1. The molecule has 6 nitrogen and oxygen atoms in total. The fourth-order valence-electron chi connectivity index (χ4n) is 2.64. The molecule has 0 fully saturated rings. The summed E-state index contributed by atoms with van der Waals surface area (Å²) in [7, 11) is 0. The number of nitrogens with one attached hydrogen (secondary N) is 1. The lowest BCUT2D eigenvalue weighted by molar-refractivity contribution is -0.137. The Balaban J connectivity index is 1.57. The number of carbonyl (C=O) groups excluding carboxylic acids is 1.